The second-order valence-electron chi connectivity index (χ2n) is 12.2. The molecular weight excluding hydrogens is 564 g/mol. The van der Waals surface area contributed by atoms with Crippen LogP contribution in [-0.2, 0) is 9.47 Å². The molecule has 0 aliphatic carbocycles. The first-order valence-corrected chi connectivity index (χ1v) is 14.7. The molecule has 226 valence electrons. The van der Waals surface area contributed by atoms with Gasteiger partial charge in [-0.3, -0.25) is 4.79 Å². The van der Waals surface area contributed by atoms with Gasteiger partial charge in [0.2, 0.25) is 0 Å². The van der Waals surface area contributed by atoms with Gasteiger partial charge in [-0.25, -0.2) is 18.4 Å². The van der Waals surface area contributed by atoms with E-state index in [9.17, 15) is 14.4 Å². The zero-order chi connectivity index (χ0) is 30.8. The molecule has 1 N–H and O–H groups in total. The predicted molar refractivity (Wildman–Crippen MR) is 159 cm³/mol. The Morgan fingerprint density at radius 3 is 1.86 bits per heavy atom. The Bertz CT molecular complexity index is 1430. The van der Waals surface area contributed by atoms with Crippen molar-refractivity contribution < 1.29 is 32.6 Å². The summed E-state index contributed by atoms with van der Waals surface area (Å²) < 4.78 is 40.9. The maximum Gasteiger partial charge on any atom is 0.410 e. The molecule has 3 heterocycles. The number of hydrogen-bond donors (Lipinski definition) is 1. The van der Waals surface area contributed by atoms with Gasteiger partial charge in [0, 0.05) is 42.7 Å². The molecule has 0 atom stereocenters. The molecule has 8 nitrogen and oxygen atoms in total. The van der Waals surface area contributed by atoms with Crippen molar-refractivity contribution in [3.8, 4) is 0 Å². The lowest BCUT2D eigenvalue weighted by molar-refractivity contribution is 0.0260. The summed E-state index contributed by atoms with van der Waals surface area (Å²) in [5, 5.41) is 2.48. The SMILES string of the molecule is CC(C)(C)OC(=O)N1CC=C(c2ccc(C(=O)Nc3cc(F)c(C4=CCN(C(=O)OC(C)(C)C)CC4)cc3F)s2)CC1. The van der Waals surface area contributed by atoms with E-state index in [0.717, 1.165) is 22.6 Å². The minimum Gasteiger partial charge on any atom is -0.444 e. The van der Waals surface area contributed by atoms with Gasteiger partial charge in [0.1, 0.15) is 22.8 Å². The number of anilines is 1. The van der Waals surface area contributed by atoms with Crippen LogP contribution in [-0.4, -0.2) is 65.3 Å². The van der Waals surface area contributed by atoms with E-state index >= 15 is 8.78 Å². The summed E-state index contributed by atoms with van der Waals surface area (Å²) >= 11 is 1.25. The highest BCUT2D eigenvalue weighted by atomic mass is 32.1. The highest BCUT2D eigenvalue weighted by molar-refractivity contribution is 7.15. The van der Waals surface area contributed by atoms with Crippen molar-refractivity contribution in [3.05, 3.63) is 63.4 Å². The maximum absolute atomic E-state index is 15.1. The molecule has 2 aliphatic heterocycles. The highest BCUT2D eigenvalue weighted by Gasteiger charge is 2.27. The number of ether oxygens (including phenoxy) is 2. The van der Waals surface area contributed by atoms with E-state index in [1.165, 1.54) is 16.2 Å². The van der Waals surface area contributed by atoms with Gasteiger partial charge in [-0.2, -0.15) is 0 Å². The minimum absolute atomic E-state index is 0.0948. The smallest absolute Gasteiger partial charge is 0.410 e. The van der Waals surface area contributed by atoms with Gasteiger partial charge in [-0.15, -0.1) is 11.3 Å². The van der Waals surface area contributed by atoms with E-state index in [4.69, 9.17) is 9.47 Å². The number of halogens is 2. The molecule has 1 aromatic heterocycles. The monoisotopic (exact) mass is 601 g/mol. The Hall–Kier alpha value is -3.73. The fourth-order valence-corrected chi connectivity index (χ4v) is 5.47. The summed E-state index contributed by atoms with van der Waals surface area (Å²) in [7, 11) is 0. The average Bonchev–Trinajstić information content (AvgIpc) is 3.39. The number of hydrogen-bond acceptors (Lipinski definition) is 6. The summed E-state index contributed by atoms with van der Waals surface area (Å²) in [4.78, 5) is 41.8. The molecule has 2 aromatic rings. The first-order valence-electron chi connectivity index (χ1n) is 13.8. The van der Waals surface area contributed by atoms with E-state index in [1.807, 2.05) is 32.9 Å². The van der Waals surface area contributed by atoms with Crippen LogP contribution in [0.5, 0.6) is 0 Å². The number of rotatable bonds is 4. The van der Waals surface area contributed by atoms with Gasteiger partial charge < -0.3 is 24.6 Å². The molecule has 3 amide bonds. The molecule has 4 rings (SSSR count). The molecule has 0 radical (unpaired) electrons. The molecule has 11 heteroatoms. The molecular formula is C31H37F2N3O5S. The van der Waals surface area contributed by atoms with Gasteiger partial charge in [-0.1, -0.05) is 12.2 Å². The molecule has 0 bridgehead atoms. The highest BCUT2D eigenvalue weighted by Crippen LogP contribution is 2.32. The van der Waals surface area contributed by atoms with Crippen molar-refractivity contribution in [2.45, 2.75) is 65.6 Å². The van der Waals surface area contributed by atoms with Crippen molar-refractivity contribution in [3.63, 3.8) is 0 Å². The third-order valence-electron chi connectivity index (χ3n) is 6.52. The van der Waals surface area contributed by atoms with Gasteiger partial charge in [0.15, 0.2) is 0 Å². The molecule has 0 fully saturated rings. The predicted octanol–water partition coefficient (Wildman–Crippen LogP) is 7.33. The van der Waals surface area contributed by atoms with Crippen molar-refractivity contribution in [2.75, 3.05) is 31.5 Å². The first kappa shape index (κ1) is 31.2. The number of thiophene rings is 1. The summed E-state index contributed by atoms with van der Waals surface area (Å²) in [5.41, 5.74) is 0.229. The number of nitrogens with zero attached hydrogens (tertiary/aromatic N) is 2. The molecule has 0 saturated heterocycles. The fourth-order valence-electron chi connectivity index (χ4n) is 4.50. The van der Waals surface area contributed by atoms with Gasteiger partial charge >= 0.3 is 12.2 Å². The summed E-state index contributed by atoms with van der Waals surface area (Å²) in [6, 6.07) is 5.50. The van der Waals surface area contributed by atoms with E-state index in [0.29, 0.717) is 42.9 Å². The number of nitrogens with one attached hydrogen (secondary N) is 1. The number of carbonyl (C=O) groups is 3. The van der Waals surface area contributed by atoms with Crippen molar-refractivity contribution >= 4 is 46.3 Å². The minimum atomic E-state index is -0.760. The van der Waals surface area contributed by atoms with Crippen LogP contribution in [0.3, 0.4) is 0 Å². The third-order valence-corrected chi connectivity index (χ3v) is 7.68. The Morgan fingerprint density at radius 1 is 0.810 bits per heavy atom. The summed E-state index contributed by atoms with van der Waals surface area (Å²) in [6.07, 6.45) is 3.73. The van der Waals surface area contributed by atoms with E-state index in [1.54, 1.807) is 37.8 Å². The Labute approximate surface area is 249 Å². The van der Waals surface area contributed by atoms with E-state index in [2.05, 4.69) is 5.32 Å². The van der Waals surface area contributed by atoms with E-state index < -0.39 is 34.8 Å². The standard InChI is InChI=1S/C31H37F2N3O5S/c1-30(2,3)40-28(38)35-13-9-19(10-14-35)21-17-23(33)24(18-22(21)32)34-27(37)26-8-7-25(42-26)20-11-15-36(16-12-20)29(39)41-31(4,5)6/h7-9,11,17-18H,10,12-16H2,1-6H3,(H,34,37). The van der Waals surface area contributed by atoms with Crippen molar-refractivity contribution in [2.24, 2.45) is 0 Å². The van der Waals surface area contributed by atoms with Crippen LogP contribution in [0.15, 0.2) is 36.4 Å². The van der Waals surface area contributed by atoms with Crippen LogP contribution >= 0.6 is 11.3 Å². The summed E-state index contributed by atoms with van der Waals surface area (Å²) in [5.74, 6) is -1.98. The topological polar surface area (TPSA) is 88.2 Å². The first-order chi connectivity index (χ1) is 19.6. The zero-order valence-corrected chi connectivity index (χ0v) is 25.6. The number of carbonyl (C=O) groups excluding carboxylic acids is 3. The van der Waals surface area contributed by atoms with Crippen molar-refractivity contribution in [1.29, 1.82) is 0 Å². The molecule has 0 saturated carbocycles. The largest absolute Gasteiger partial charge is 0.444 e. The molecule has 0 spiro atoms. The van der Waals surface area contributed by atoms with Crippen LogP contribution in [0.1, 0.15) is 74.5 Å². The normalized spacial score (nSPS) is 16.0. The van der Waals surface area contributed by atoms with Crippen LogP contribution in [0, 0.1) is 11.6 Å². The van der Waals surface area contributed by atoms with Crippen LogP contribution in [0.2, 0.25) is 0 Å². The average molecular weight is 602 g/mol. The lowest BCUT2D eigenvalue weighted by Crippen LogP contribution is -2.39. The Morgan fingerprint density at radius 2 is 1.36 bits per heavy atom. The van der Waals surface area contributed by atoms with Gasteiger partial charge in [0.25, 0.3) is 5.91 Å². The fraction of sp³-hybridized carbons (Fsp3) is 0.452. The molecule has 1 aromatic carbocycles. The Balaban J connectivity index is 1.38. The number of benzene rings is 1. The lowest BCUT2D eigenvalue weighted by atomic mass is 9.98. The second-order valence-corrected chi connectivity index (χ2v) is 13.3. The van der Waals surface area contributed by atoms with Gasteiger partial charge in [0.05, 0.1) is 10.6 Å². The lowest BCUT2D eigenvalue weighted by Gasteiger charge is -2.29. The van der Waals surface area contributed by atoms with E-state index in [-0.39, 0.29) is 23.9 Å². The maximum atomic E-state index is 15.1. The van der Waals surface area contributed by atoms with Crippen molar-refractivity contribution in [1.82, 2.24) is 9.80 Å². The van der Waals surface area contributed by atoms with Crippen LogP contribution < -0.4 is 5.32 Å². The van der Waals surface area contributed by atoms with Gasteiger partial charge in [-0.05, 0) is 83.7 Å². The molecule has 2 aliphatic rings. The Kier molecular flexibility index (Phi) is 9.10. The third kappa shape index (κ3) is 7.96. The second kappa shape index (κ2) is 12.2. The quantitative estimate of drug-likeness (QED) is 0.397. The zero-order valence-electron chi connectivity index (χ0n) is 24.8. The molecule has 0 unspecified atom stereocenters. The van der Waals surface area contributed by atoms with Crippen LogP contribution in [0.25, 0.3) is 11.1 Å². The number of amides is 3. The summed E-state index contributed by atoms with van der Waals surface area (Å²) in [6.45, 7) is 12.2. The van der Waals surface area contributed by atoms with Crippen LogP contribution in [0.4, 0.5) is 24.1 Å². The molecule has 42 heavy (non-hydrogen) atoms.